The lowest BCUT2D eigenvalue weighted by molar-refractivity contribution is 0.0702. The van der Waals surface area contributed by atoms with Gasteiger partial charge in [-0.25, -0.2) is 4.79 Å². The molecule has 2 heterocycles. The molecule has 0 saturated heterocycles. The molecule has 0 atom stereocenters. The molecule has 3 nitrogen and oxygen atoms in total. The van der Waals surface area contributed by atoms with E-state index in [2.05, 4.69) is 42.7 Å². The molecular formula is C22H25NO2S. The van der Waals surface area contributed by atoms with Gasteiger partial charge in [-0.1, -0.05) is 43.5 Å². The molecule has 4 rings (SSSR count). The van der Waals surface area contributed by atoms with Crippen LogP contribution in [0.4, 0.5) is 0 Å². The Morgan fingerprint density at radius 3 is 2.62 bits per heavy atom. The van der Waals surface area contributed by atoms with E-state index in [1.807, 2.05) is 6.07 Å². The molecule has 136 valence electrons. The number of aryl methyl sites for hydroxylation is 2. The topological polar surface area (TPSA) is 42.2 Å². The summed E-state index contributed by atoms with van der Waals surface area (Å²) in [5.74, 6) is -0.283. The Balaban J connectivity index is 2.03. The van der Waals surface area contributed by atoms with Crippen molar-refractivity contribution in [2.24, 2.45) is 0 Å². The number of thiophene rings is 1. The molecule has 0 unspecified atom stereocenters. The maximum atomic E-state index is 11.6. The van der Waals surface area contributed by atoms with Crippen LogP contribution in [0, 0.1) is 6.92 Å². The van der Waals surface area contributed by atoms with Gasteiger partial charge in [0.2, 0.25) is 0 Å². The first-order chi connectivity index (χ1) is 12.6. The summed E-state index contributed by atoms with van der Waals surface area (Å²) in [6, 6.07) is 10.5. The normalized spacial score (nSPS) is 15.6. The summed E-state index contributed by atoms with van der Waals surface area (Å²) < 4.78 is 3.53. The third kappa shape index (κ3) is 2.77. The van der Waals surface area contributed by atoms with Gasteiger partial charge >= 0.3 is 5.97 Å². The van der Waals surface area contributed by atoms with Crippen molar-refractivity contribution in [1.82, 2.24) is 4.57 Å². The number of benzene rings is 1. The van der Waals surface area contributed by atoms with Crippen LogP contribution < -0.4 is 0 Å². The average molecular weight is 368 g/mol. The minimum absolute atomic E-state index is 0.450. The van der Waals surface area contributed by atoms with Crippen LogP contribution in [0.1, 0.15) is 65.7 Å². The first-order valence-corrected chi connectivity index (χ1v) is 10.4. The number of nitrogens with zero attached hydrogens (tertiary/aromatic N) is 1. The van der Waals surface area contributed by atoms with E-state index in [0.29, 0.717) is 10.8 Å². The Morgan fingerprint density at radius 1 is 1.23 bits per heavy atom. The molecule has 1 fully saturated rings. The summed E-state index contributed by atoms with van der Waals surface area (Å²) in [7, 11) is 0. The van der Waals surface area contributed by atoms with E-state index in [1.165, 1.54) is 70.5 Å². The summed E-state index contributed by atoms with van der Waals surface area (Å²) >= 11 is 1.46. The van der Waals surface area contributed by atoms with Crippen LogP contribution in [-0.2, 0) is 6.54 Å². The molecule has 3 aromatic rings. The van der Waals surface area contributed by atoms with Crippen LogP contribution >= 0.6 is 11.3 Å². The largest absolute Gasteiger partial charge is 0.477 e. The van der Waals surface area contributed by atoms with Gasteiger partial charge in [0.1, 0.15) is 4.88 Å². The molecular weight excluding hydrogens is 342 g/mol. The first kappa shape index (κ1) is 17.3. The summed E-state index contributed by atoms with van der Waals surface area (Å²) in [5, 5.41) is 9.50. The van der Waals surface area contributed by atoms with Crippen molar-refractivity contribution in [3.05, 3.63) is 46.3 Å². The SMILES string of the molecule is CCn1c(-c2ccccc2C)c(C2CCCCC2)c2sc(C(=O)O)cc21. The van der Waals surface area contributed by atoms with Gasteiger partial charge < -0.3 is 9.67 Å². The van der Waals surface area contributed by atoms with Gasteiger partial charge in [0.25, 0.3) is 0 Å². The fraction of sp³-hybridized carbons (Fsp3) is 0.409. The Bertz CT molecular complexity index is 960. The van der Waals surface area contributed by atoms with Gasteiger partial charge in [-0.15, -0.1) is 11.3 Å². The Labute approximate surface area is 158 Å². The van der Waals surface area contributed by atoms with Gasteiger partial charge in [-0.05, 0) is 49.8 Å². The molecule has 1 N–H and O–H groups in total. The highest BCUT2D eigenvalue weighted by Gasteiger charge is 2.28. The number of aromatic carboxylic acids is 1. The van der Waals surface area contributed by atoms with Gasteiger partial charge in [0.05, 0.1) is 15.9 Å². The zero-order chi connectivity index (χ0) is 18.3. The Morgan fingerprint density at radius 2 is 1.96 bits per heavy atom. The third-order valence-corrected chi connectivity index (χ3v) is 6.86. The molecule has 1 aliphatic carbocycles. The Kier molecular flexibility index (Phi) is 4.62. The van der Waals surface area contributed by atoms with E-state index in [0.717, 1.165) is 12.1 Å². The van der Waals surface area contributed by atoms with Crippen LogP contribution in [0.2, 0.25) is 0 Å². The first-order valence-electron chi connectivity index (χ1n) is 9.57. The predicted octanol–water partition coefficient (Wildman–Crippen LogP) is 6.44. The summed E-state index contributed by atoms with van der Waals surface area (Å²) in [4.78, 5) is 12.0. The standard InChI is InChI=1S/C22H25NO2S/c1-3-23-17-13-18(22(24)25)26-21(17)19(15-10-5-4-6-11-15)20(23)16-12-8-7-9-14(16)2/h7-9,12-13,15H,3-6,10-11H2,1-2H3,(H,24,25). The fourth-order valence-corrected chi connectivity index (χ4v) is 5.61. The van der Waals surface area contributed by atoms with Gasteiger partial charge in [-0.3, -0.25) is 0 Å². The minimum atomic E-state index is -0.819. The highest BCUT2D eigenvalue weighted by atomic mass is 32.1. The molecule has 1 aromatic carbocycles. The Hall–Kier alpha value is -2.07. The number of rotatable bonds is 4. The van der Waals surface area contributed by atoms with E-state index in [1.54, 1.807) is 0 Å². The van der Waals surface area contributed by atoms with Crippen molar-refractivity contribution in [3.63, 3.8) is 0 Å². The number of hydrogen-bond donors (Lipinski definition) is 1. The second-order valence-corrected chi connectivity index (χ2v) is 8.34. The molecule has 1 aliphatic rings. The average Bonchev–Trinajstić information content (AvgIpc) is 3.19. The van der Waals surface area contributed by atoms with Crippen LogP contribution in [-0.4, -0.2) is 15.6 Å². The highest BCUT2D eigenvalue weighted by molar-refractivity contribution is 7.21. The number of fused-ring (bicyclic) bond motifs is 1. The van der Waals surface area contributed by atoms with Crippen molar-refractivity contribution < 1.29 is 9.90 Å². The van der Waals surface area contributed by atoms with Crippen molar-refractivity contribution in [3.8, 4) is 11.3 Å². The maximum Gasteiger partial charge on any atom is 0.345 e. The number of carboxylic acid groups (broad SMARTS) is 1. The monoisotopic (exact) mass is 367 g/mol. The lowest BCUT2D eigenvalue weighted by atomic mass is 9.82. The quantitative estimate of drug-likeness (QED) is 0.576. The van der Waals surface area contributed by atoms with Gasteiger partial charge in [0, 0.05) is 12.1 Å². The third-order valence-electron chi connectivity index (χ3n) is 5.71. The van der Waals surface area contributed by atoms with Crippen LogP contribution in [0.25, 0.3) is 21.5 Å². The smallest absolute Gasteiger partial charge is 0.345 e. The second kappa shape index (κ2) is 6.92. The van der Waals surface area contributed by atoms with Gasteiger partial charge in [-0.2, -0.15) is 0 Å². The second-order valence-electron chi connectivity index (χ2n) is 7.29. The molecule has 26 heavy (non-hydrogen) atoms. The molecule has 1 saturated carbocycles. The molecule has 4 heteroatoms. The highest BCUT2D eigenvalue weighted by Crippen LogP contribution is 2.47. The van der Waals surface area contributed by atoms with Crippen LogP contribution in [0.3, 0.4) is 0 Å². The van der Waals surface area contributed by atoms with E-state index >= 15 is 0 Å². The number of aromatic nitrogens is 1. The minimum Gasteiger partial charge on any atom is -0.477 e. The number of hydrogen-bond acceptors (Lipinski definition) is 2. The lowest BCUT2D eigenvalue weighted by Gasteiger charge is -2.24. The molecule has 2 aromatic heterocycles. The van der Waals surface area contributed by atoms with E-state index in [9.17, 15) is 9.90 Å². The maximum absolute atomic E-state index is 11.6. The van der Waals surface area contributed by atoms with Crippen molar-refractivity contribution in [1.29, 1.82) is 0 Å². The van der Waals surface area contributed by atoms with Crippen molar-refractivity contribution in [2.45, 2.75) is 58.4 Å². The molecule has 0 aliphatic heterocycles. The predicted molar refractivity (Wildman–Crippen MR) is 108 cm³/mol. The van der Waals surface area contributed by atoms with E-state index < -0.39 is 5.97 Å². The van der Waals surface area contributed by atoms with Crippen LogP contribution in [0.15, 0.2) is 30.3 Å². The molecule has 0 bridgehead atoms. The number of carbonyl (C=O) groups is 1. The van der Waals surface area contributed by atoms with E-state index in [4.69, 9.17) is 0 Å². The van der Waals surface area contributed by atoms with Gasteiger partial charge in [0.15, 0.2) is 0 Å². The summed E-state index contributed by atoms with van der Waals surface area (Å²) in [5.41, 5.74) is 6.37. The van der Waals surface area contributed by atoms with Crippen LogP contribution in [0.5, 0.6) is 0 Å². The zero-order valence-electron chi connectivity index (χ0n) is 15.4. The zero-order valence-corrected chi connectivity index (χ0v) is 16.2. The van der Waals surface area contributed by atoms with Crippen molar-refractivity contribution in [2.75, 3.05) is 0 Å². The molecule has 0 amide bonds. The van der Waals surface area contributed by atoms with Crippen molar-refractivity contribution >= 4 is 27.5 Å². The molecule has 0 spiro atoms. The molecule has 0 radical (unpaired) electrons. The summed E-state index contributed by atoms with van der Waals surface area (Å²) in [6.45, 7) is 5.18. The lowest BCUT2D eigenvalue weighted by Crippen LogP contribution is -2.07. The fourth-order valence-electron chi connectivity index (χ4n) is 4.48. The number of carboxylic acids is 1. The summed E-state index contributed by atoms with van der Waals surface area (Å²) in [6.07, 6.45) is 6.28. The van der Waals surface area contributed by atoms with E-state index in [-0.39, 0.29) is 0 Å².